The smallest absolute Gasteiger partial charge is 0.310 e. The average molecular weight is 230 g/mol. The van der Waals surface area contributed by atoms with Crippen molar-refractivity contribution < 1.29 is 9.90 Å². The first-order valence-corrected chi connectivity index (χ1v) is 6.50. The lowest BCUT2D eigenvalue weighted by atomic mass is 9.79. The summed E-state index contributed by atoms with van der Waals surface area (Å²) in [6.07, 6.45) is 6.02. The van der Waals surface area contributed by atoms with Crippen LogP contribution in [0.15, 0.2) is 24.3 Å². The third-order valence-electron chi connectivity index (χ3n) is 4.36. The quantitative estimate of drug-likeness (QED) is 0.863. The van der Waals surface area contributed by atoms with Crippen molar-refractivity contribution in [2.24, 2.45) is 11.3 Å². The minimum atomic E-state index is -0.602. The van der Waals surface area contributed by atoms with Gasteiger partial charge in [-0.25, -0.2) is 0 Å². The van der Waals surface area contributed by atoms with Gasteiger partial charge in [0.05, 0.1) is 5.41 Å². The van der Waals surface area contributed by atoms with E-state index in [1.54, 1.807) is 0 Å². The van der Waals surface area contributed by atoms with Crippen molar-refractivity contribution >= 4 is 5.97 Å². The van der Waals surface area contributed by atoms with Crippen LogP contribution in [0.3, 0.4) is 0 Å². The number of carboxylic acid groups (broad SMARTS) is 1. The predicted molar refractivity (Wildman–Crippen MR) is 65.9 cm³/mol. The molecule has 0 bridgehead atoms. The number of fused-ring (bicyclic) bond motifs is 1. The maximum atomic E-state index is 11.6. The van der Waals surface area contributed by atoms with Crippen molar-refractivity contribution in [3.63, 3.8) is 0 Å². The highest BCUT2D eigenvalue weighted by Crippen LogP contribution is 2.44. The van der Waals surface area contributed by atoms with Gasteiger partial charge in [-0.15, -0.1) is 0 Å². The predicted octanol–water partition coefficient (Wildman–Crippen LogP) is 3.05. The van der Waals surface area contributed by atoms with Crippen molar-refractivity contribution in [1.82, 2.24) is 0 Å². The van der Waals surface area contributed by atoms with Crippen molar-refractivity contribution in [3.8, 4) is 0 Å². The molecule has 0 amide bonds. The lowest BCUT2D eigenvalue weighted by Crippen LogP contribution is -2.32. The highest BCUT2D eigenvalue weighted by Gasteiger charge is 2.44. The highest BCUT2D eigenvalue weighted by molar-refractivity contribution is 5.77. The van der Waals surface area contributed by atoms with E-state index in [1.807, 2.05) is 12.1 Å². The summed E-state index contributed by atoms with van der Waals surface area (Å²) in [6.45, 7) is 0. The summed E-state index contributed by atoms with van der Waals surface area (Å²) in [6, 6.07) is 8.18. The maximum Gasteiger partial charge on any atom is 0.310 e. The molecule has 2 nitrogen and oxygen atoms in total. The van der Waals surface area contributed by atoms with Gasteiger partial charge >= 0.3 is 5.97 Å². The Balaban J connectivity index is 1.80. The number of benzene rings is 1. The van der Waals surface area contributed by atoms with Crippen LogP contribution < -0.4 is 0 Å². The lowest BCUT2D eigenvalue weighted by molar-refractivity contribution is -0.149. The first kappa shape index (κ1) is 10.8. The molecule has 3 rings (SSSR count). The van der Waals surface area contributed by atoms with Gasteiger partial charge in [0.1, 0.15) is 0 Å². The number of carboxylic acids is 1. The van der Waals surface area contributed by atoms with Gasteiger partial charge in [0, 0.05) is 0 Å². The molecule has 0 radical (unpaired) electrons. The van der Waals surface area contributed by atoms with E-state index < -0.39 is 11.4 Å². The zero-order valence-corrected chi connectivity index (χ0v) is 9.98. The molecule has 0 spiro atoms. The summed E-state index contributed by atoms with van der Waals surface area (Å²) in [4.78, 5) is 11.6. The Bertz CT molecular complexity index is 421. The molecule has 1 aromatic rings. The third-order valence-corrected chi connectivity index (χ3v) is 4.36. The molecule has 2 heteroatoms. The zero-order chi connectivity index (χ0) is 11.9. The summed E-state index contributed by atoms with van der Waals surface area (Å²) in [5.74, 6) is 0.212. The van der Waals surface area contributed by atoms with E-state index in [1.165, 1.54) is 24.0 Å². The van der Waals surface area contributed by atoms with Crippen molar-refractivity contribution in [2.45, 2.75) is 38.5 Å². The number of carbonyl (C=O) groups is 1. The molecule has 0 aliphatic heterocycles. The van der Waals surface area contributed by atoms with Crippen LogP contribution in [0.5, 0.6) is 0 Å². The van der Waals surface area contributed by atoms with E-state index in [2.05, 4.69) is 12.1 Å². The average Bonchev–Trinajstić information content (AvgIpc) is 3.05. The fourth-order valence-corrected chi connectivity index (χ4v) is 3.02. The van der Waals surface area contributed by atoms with Gasteiger partial charge in [-0.3, -0.25) is 4.79 Å². The normalized spacial score (nSPS) is 21.2. The van der Waals surface area contributed by atoms with Crippen molar-refractivity contribution in [1.29, 1.82) is 0 Å². The number of aliphatic carboxylic acids is 1. The van der Waals surface area contributed by atoms with Crippen molar-refractivity contribution in [2.75, 3.05) is 0 Å². The van der Waals surface area contributed by atoms with Gasteiger partial charge in [-0.2, -0.15) is 0 Å². The van der Waals surface area contributed by atoms with Crippen LogP contribution in [0, 0.1) is 11.3 Å². The van der Waals surface area contributed by atoms with Crippen LogP contribution in [0.4, 0.5) is 0 Å². The van der Waals surface area contributed by atoms with Crippen LogP contribution in [-0.4, -0.2) is 11.1 Å². The molecule has 1 N–H and O–H groups in total. The fourth-order valence-electron chi connectivity index (χ4n) is 3.02. The molecule has 0 heterocycles. The molecule has 2 aliphatic rings. The largest absolute Gasteiger partial charge is 0.481 e. The number of rotatable bonds is 4. The fraction of sp³-hybridized carbons (Fsp3) is 0.533. The SMILES string of the molecule is O=C(O)C1(CCC2CC2)Cc2ccccc2C1. The summed E-state index contributed by atoms with van der Waals surface area (Å²) >= 11 is 0. The Morgan fingerprint density at radius 1 is 1.24 bits per heavy atom. The van der Waals surface area contributed by atoms with Crippen LogP contribution in [0.1, 0.15) is 36.8 Å². The van der Waals surface area contributed by atoms with Gasteiger partial charge in [-0.1, -0.05) is 37.1 Å². The molecule has 1 fully saturated rings. The maximum absolute atomic E-state index is 11.6. The minimum Gasteiger partial charge on any atom is -0.481 e. The Morgan fingerprint density at radius 3 is 2.29 bits per heavy atom. The molecule has 1 aromatic carbocycles. The Hall–Kier alpha value is -1.31. The van der Waals surface area contributed by atoms with E-state index in [9.17, 15) is 9.90 Å². The van der Waals surface area contributed by atoms with Crippen LogP contribution in [0.2, 0.25) is 0 Å². The van der Waals surface area contributed by atoms with E-state index >= 15 is 0 Å². The molecule has 1 saturated carbocycles. The Kier molecular flexibility index (Phi) is 2.46. The summed E-state index contributed by atoms with van der Waals surface area (Å²) in [5.41, 5.74) is 1.98. The summed E-state index contributed by atoms with van der Waals surface area (Å²) in [7, 11) is 0. The topological polar surface area (TPSA) is 37.3 Å². The van der Waals surface area contributed by atoms with E-state index in [0.717, 1.165) is 31.6 Å². The molecule has 2 aliphatic carbocycles. The third kappa shape index (κ3) is 1.97. The van der Waals surface area contributed by atoms with Gasteiger partial charge in [-0.05, 0) is 42.7 Å². The molecule has 0 unspecified atom stereocenters. The Morgan fingerprint density at radius 2 is 1.82 bits per heavy atom. The van der Waals surface area contributed by atoms with Crippen LogP contribution in [-0.2, 0) is 17.6 Å². The zero-order valence-electron chi connectivity index (χ0n) is 9.98. The van der Waals surface area contributed by atoms with E-state index in [4.69, 9.17) is 0 Å². The first-order chi connectivity index (χ1) is 8.20. The second-order valence-corrected chi connectivity index (χ2v) is 5.69. The number of hydrogen-bond donors (Lipinski definition) is 1. The summed E-state index contributed by atoms with van der Waals surface area (Å²) < 4.78 is 0. The van der Waals surface area contributed by atoms with Gasteiger partial charge in [0.15, 0.2) is 0 Å². The second-order valence-electron chi connectivity index (χ2n) is 5.69. The minimum absolute atomic E-state index is 0.508. The molecule has 17 heavy (non-hydrogen) atoms. The second kappa shape index (κ2) is 3.86. The Labute approximate surface area is 102 Å². The molecular formula is C15H18O2. The molecule has 0 aromatic heterocycles. The lowest BCUT2D eigenvalue weighted by Gasteiger charge is -2.23. The van der Waals surface area contributed by atoms with E-state index in [0.29, 0.717) is 0 Å². The summed E-state index contributed by atoms with van der Waals surface area (Å²) in [5, 5.41) is 9.57. The van der Waals surface area contributed by atoms with Crippen LogP contribution >= 0.6 is 0 Å². The standard InChI is InChI=1S/C15H18O2/c16-14(17)15(8-7-11-5-6-11)9-12-3-1-2-4-13(12)10-15/h1-4,11H,5-10H2,(H,16,17). The van der Waals surface area contributed by atoms with Crippen molar-refractivity contribution in [3.05, 3.63) is 35.4 Å². The van der Waals surface area contributed by atoms with Gasteiger partial charge in [0.25, 0.3) is 0 Å². The molecule has 0 saturated heterocycles. The number of hydrogen-bond acceptors (Lipinski definition) is 1. The highest BCUT2D eigenvalue weighted by atomic mass is 16.4. The first-order valence-electron chi connectivity index (χ1n) is 6.50. The molecular weight excluding hydrogens is 212 g/mol. The monoisotopic (exact) mass is 230 g/mol. The molecule has 0 atom stereocenters. The van der Waals surface area contributed by atoms with E-state index in [-0.39, 0.29) is 0 Å². The van der Waals surface area contributed by atoms with Crippen LogP contribution in [0.25, 0.3) is 0 Å². The molecule has 90 valence electrons. The van der Waals surface area contributed by atoms with Gasteiger partial charge in [0.2, 0.25) is 0 Å². The van der Waals surface area contributed by atoms with Gasteiger partial charge < -0.3 is 5.11 Å².